The number of hydrogen-bond donors (Lipinski definition) is 4. The molecular formula is C19H28N4O. The minimum absolute atomic E-state index is 0.183. The highest BCUT2D eigenvalue weighted by molar-refractivity contribution is 5.89. The third-order valence-electron chi connectivity index (χ3n) is 4.81. The van der Waals surface area contributed by atoms with Gasteiger partial charge in [0.1, 0.15) is 0 Å². The molecule has 1 aromatic rings. The van der Waals surface area contributed by atoms with Crippen molar-refractivity contribution in [3.05, 3.63) is 42.1 Å². The highest BCUT2D eigenvalue weighted by atomic mass is 16.2. The number of urea groups is 1. The van der Waals surface area contributed by atoms with Crippen LogP contribution in [0.25, 0.3) is 0 Å². The molecule has 1 heterocycles. The molecule has 0 radical (unpaired) electrons. The highest BCUT2D eigenvalue weighted by Crippen LogP contribution is 2.24. The van der Waals surface area contributed by atoms with E-state index in [1.54, 1.807) is 0 Å². The minimum atomic E-state index is -0.183. The lowest BCUT2D eigenvalue weighted by molar-refractivity contribution is 0.255. The fraction of sp³-hybridized carbons (Fsp3) is 0.526. The van der Waals surface area contributed by atoms with Crippen molar-refractivity contribution in [2.45, 2.75) is 50.6 Å². The summed E-state index contributed by atoms with van der Waals surface area (Å²) in [4.78, 5) is 12.1. The van der Waals surface area contributed by atoms with E-state index in [-0.39, 0.29) is 6.03 Å². The molecule has 1 aliphatic heterocycles. The van der Waals surface area contributed by atoms with E-state index in [4.69, 9.17) is 0 Å². The molecule has 130 valence electrons. The molecule has 2 aliphatic rings. The average molecular weight is 328 g/mol. The molecule has 2 fully saturated rings. The fourth-order valence-electron chi connectivity index (χ4n) is 3.53. The smallest absolute Gasteiger partial charge is 0.315 e. The maximum atomic E-state index is 12.1. The number of piperidine rings is 1. The summed E-state index contributed by atoms with van der Waals surface area (Å²) in [6, 6.07) is 10.3. The van der Waals surface area contributed by atoms with Crippen LogP contribution in [0.3, 0.4) is 0 Å². The summed E-state index contributed by atoms with van der Waals surface area (Å²) in [7, 11) is 0. The SMILES string of the molecule is O=C(N/C=C1/CCCCC1NC1CCCNC1)Nc1ccccc1. The number of carbonyl (C=O) groups is 1. The van der Waals surface area contributed by atoms with Gasteiger partial charge in [0.05, 0.1) is 0 Å². The van der Waals surface area contributed by atoms with Gasteiger partial charge in [-0.15, -0.1) is 0 Å². The predicted molar refractivity (Wildman–Crippen MR) is 98.0 cm³/mol. The Morgan fingerprint density at radius 2 is 2.00 bits per heavy atom. The molecule has 1 aliphatic carbocycles. The molecule has 4 N–H and O–H groups in total. The Kier molecular flexibility index (Phi) is 6.26. The van der Waals surface area contributed by atoms with Crippen molar-refractivity contribution in [2.24, 2.45) is 0 Å². The zero-order valence-electron chi connectivity index (χ0n) is 14.2. The number of amides is 2. The molecule has 0 bridgehead atoms. The van der Waals surface area contributed by atoms with Gasteiger partial charge in [-0.1, -0.05) is 24.6 Å². The van der Waals surface area contributed by atoms with E-state index in [1.165, 1.54) is 31.3 Å². The summed E-state index contributed by atoms with van der Waals surface area (Å²) in [6.45, 7) is 2.18. The normalized spacial score (nSPS) is 26.1. The van der Waals surface area contributed by atoms with Crippen molar-refractivity contribution >= 4 is 11.7 Å². The second kappa shape index (κ2) is 8.85. The maximum Gasteiger partial charge on any atom is 0.323 e. The second-order valence-electron chi connectivity index (χ2n) is 6.69. The minimum Gasteiger partial charge on any atom is -0.315 e. The molecule has 3 rings (SSSR count). The molecule has 24 heavy (non-hydrogen) atoms. The van der Waals surface area contributed by atoms with Crippen LogP contribution >= 0.6 is 0 Å². The van der Waals surface area contributed by atoms with E-state index in [0.29, 0.717) is 12.1 Å². The van der Waals surface area contributed by atoms with Gasteiger partial charge < -0.3 is 21.3 Å². The number of benzene rings is 1. The summed E-state index contributed by atoms with van der Waals surface area (Å²) in [6.07, 6.45) is 9.05. The van der Waals surface area contributed by atoms with Gasteiger partial charge in [-0.2, -0.15) is 0 Å². The highest BCUT2D eigenvalue weighted by Gasteiger charge is 2.23. The number of rotatable bonds is 4. The van der Waals surface area contributed by atoms with E-state index in [2.05, 4.69) is 21.3 Å². The Balaban J connectivity index is 1.53. The van der Waals surface area contributed by atoms with Crippen molar-refractivity contribution in [2.75, 3.05) is 18.4 Å². The first-order valence-corrected chi connectivity index (χ1v) is 9.09. The van der Waals surface area contributed by atoms with Crippen LogP contribution in [0.2, 0.25) is 0 Å². The van der Waals surface area contributed by atoms with E-state index in [0.717, 1.165) is 31.6 Å². The van der Waals surface area contributed by atoms with Gasteiger partial charge in [-0.3, -0.25) is 0 Å². The number of para-hydroxylation sites is 1. The molecule has 1 saturated carbocycles. The van der Waals surface area contributed by atoms with Crippen LogP contribution in [0.1, 0.15) is 38.5 Å². The third-order valence-corrected chi connectivity index (χ3v) is 4.81. The third kappa shape index (κ3) is 5.08. The van der Waals surface area contributed by atoms with Gasteiger partial charge in [0.15, 0.2) is 0 Å². The summed E-state index contributed by atoms with van der Waals surface area (Å²) in [5.41, 5.74) is 2.12. The van der Waals surface area contributed by atoms with Gasteiger partial charge in [0.2, 0.25) is 0 Å². The summed E-state index contributed by atoms with van der Waals surface area (Å²) in [5.74, 6) is 0. The molecule has 5 heteroatoms. The molecule has 0 aromatic heterocycles. The zero-order valence-corrected chi connectivity index (χ0v) is 14.2. The van der Waals surface area contributed by atoms with Crippen molar-refractivity contribution in [1.29, 1.82) is 0 Å². The summed E-state index contributed by atoms with van der Waals surface area (Å²) in [5, 5.41) is 13.0. The number of hydrogen-bond acceptors (Lipinski definition) is 3. The molecule has 2 atom stereocenters. The Morgan fingerprint density at radius 3 is 2.79 bits per heavy atom. The van der Waals surface area contributed by atoms with E-state index in [9.17, 15) is 4.79 Å². The molecule has 0 spiro atoms. The molecule has 2 amide bonds. The lowest BCUT2D eigenvalue weighted by Gasteiger charge is -2.33. The first-order valence-electron chi connectivity index (χ1n) is 9.09. The molecule has 5 nitrogen and oxygen atoms in total. The van der Waals surface area contributed by atoms with Crippen LogP contribution in [0, 0.1) is 0 Å². The Bertz CT molecular complexity index is 552. The van der Waals surface area contributed by atoms with E-state index < -0.39 is 0 Å². The van der Waals surface area contributed by atoms with Crippen molar-refractivity contribution in [3.63, 3.8) is 0 Å². The largest absolute Gasteiger partial charge is 0.323 e. The van der Waals surface area contributed by atoms with Crippen LogP contribution in [-0.2, 0) is 0 Å². The van der Waals surface area contributed by atoms with Crippen LogP contribution in [-0.4, -0.2) is 31.2 Å². The Labute approximate surface area is 144 Å². The lowest BCUT2D eigenvalue weighted by atomic mass is 9.89. The first kappa shape index (κ1) is 17.0. The van der Waals surface area contributed by atoms with Crippen LogP contribution < -0.4 is 21.3 Å². The number of carbonyl (C=O) groups excluding carboxylic acids is 1. The van der Waals surface area contributed by atoms with Gasteiger partial charge in [-0.05, 0) is 56.4 Å². The van der Waals surface area contributed by atoms with Gasteiger partial charge in [-0.25, -0.2) is 4.79 Å². The Hall–Kier alpha value is -1.85. The monoisotopic (exact) mass is 328 g/mol. The maximum absolute atomic E-state index is 12.1. The number of anilines is 1. The van der Waals surface area contributed by atoms with Gasteiger partial charge >= 0.3 is 6.03 Å². The molecular weight excluding hydrogens is 300 g/mol. The van der Waals surface area contributed by atoms with Crippen molar-refractivity contribution in [3.8, 4) is 0 Å². The quantitative estimate of drug-likeness (QED) is 0.687. The second-order valence-corrected chi connectivity index (χ2v) is 6.69. The molecule has 2 unspecified atom stereocenters. The molecule has 1 saturated heterocycles. The predicted octanol–water partition coefficient (Wildman–Crippen LogP) is 2.98. The van der Waals surface area contributed by atoms with Crippen LogP contribution in [0.4, 0.5) is 10.5 Å². The average Bonchev–Trinajstić information content (AvgIpc) is 2.63. The fourth-order valence-corrected chi connectivity index (χ4v) is 3.53. The van der Waals surface area contributed by atoms with E-state index in [1.807, 2.05) is 36.5 Å². The van der Waals surface area contributed by atoms with E-state index >= 15 is 0 Å². The zero-order chi connectivity index (χ0) is 16.6. The van der Waals surface area contributed by atoms with Crippen LogP contribution in [0.5, 0.6) is 0 Å². The van der Waals surface area contributed by atoms with Crippen molar-refractivity contribution < 1.29 is 4.79 Å². The number of nitrogens with one attached hydrogen (secondary N) is 4. The lowest BCUT2D eigenvalue weighted by Crippen LogP contribution is -2.48. The standard InChI is InChI=1S/C19H28N4O/c24-19(23-16-8-2-1-3-9-16)21-13-15-7-4-5-11-18(15)22-17-10-6-12-20-14-17/h1-3,8-9,13,17-18,20,22H,4-7,10-12,14H2,(H2,21,23,24)/b15-13-. The van der Waals surface area contributed by atoms with Crippen molar-refractivity contribution in [1.82, 2.24) is 16.0 Å². The van der Waals surface area contributed by atoms with Crippen LogP contribution in [0.15, 0.2) is 42.1 Å². The summed E-state index contributed by atoms with van der Waals surface area (Å²) >= 11 is 0. The van der Waals surface area contributed by atoms with Gasteiger partial charge in [0, 0.05) is 30.5 Å². The van der Waals surface area contributed by atoms with Gasteiger partial charge in [0.25, 0.3) is 0 Å². The molecule has 1 aromatic carbocycles. The Morgan fingerprint density at radius 1 is 1.12 bits per heavy atom. The first-order chi connectivity index (χ1) is 11.8. The summed E-state index contributed by atoms with van der Waals surface area (Å²) < 4.78 is 0. The topological polar surface area (TPSA) is 65.2 Å².